The fourth-order valence-electron chi connectivity index (χ4n) is 4.04. The standard InChI is InChI=1S/C19H19FN6OS/c20-15-7-14(17(27)8-16(15)26-4-3-21-10-26)19-22-9-18(24-25-19)28-13-5-11-1-2-12(6-13)23-11/h3-4,7-13,23,27H,1-2,5-6H2/t11-,12+,13?. The summed E-state index contributed by atoms with van der Waals surface area (Å²) in [5.74, 6) is -0.413. The molecule has 2 aliphatic rings. The highest BCUT2D eigenvalue weighted by molar-refractivity contribution is 7.99. The number of fused-ring (bicyclic) bond motifs is 2. The first-order valence-corrected chi connectivity index (χ1v) is 10.2. The maximum Gasteiger partial charge on any atom is 0.185 e. The van der Waals surface area contributed by atoms with Gasteiger partial charge in [-0.05, 0) is 31.7 Å². The lowest BCUT2D eigenvalue weighted by Gasteiger charge is -2.28. The summed E-state index contributed by atoms with van der Waals surface area (Å²) in [5, 5.41) is 23.6. The van der Waals surface area contributed by atoms with E-state index in [1.54, 1.807) is 30.4 Å². The summed E-state index contributed by atoms with van der Waals surface area (Å²) in [4.78, 5) is 8.20. The molecule has 2 bridgehead atoms. The van der Waals surface area contributed by atoms with Gasteiger partial charge < -0.3 is 15.0 Å². The maximum absolute atomic E-state index is 14.5. The molecule has 4 heterocycles. The number of aromatic nitrogens is 5. The Kier molecular flexibility index (Phi) is 4.48. The van der Waals surface area contributed by atoms with Crippen molar-refractivity contribution in [2.45, 2.75) is 48.0 Å². The van der Waals surface area contributed by atoms with E-state index >= 15 is 0 Å². The van der Waals surface area contributed by atoms with Crippen LogP contribution in [0.3, 0.4) is 0 Å². The largest absolute Gasteiger partial charge is 0.507 e. The molecule has 28 heavy (non-hydrogen) atoms. The van der Waals surface area contributed by atoms with Gasteiger partial charge in [-0.1, -0.05) is 11.8 Å². The van der Waals surface area contributed by atoms with Crippen LogP contribution >= 0.6 is 11.8 Å². The van der Waals surface area contributed by atoms with Crippen LogP contribution in [0.1, 0.15) is 25.7 Å². The van der Waals surface area contributed by atoms with E-state index in [0.29, 0.717) is 17.3 Å². The van der Waals surface area contributed by atoms with E-state index in [-0.39, 0.29) is 22.8 Å². The van der Waals surface area contributed by atoms with Gasteiger partial charge in [-0.15, -0.1) is 10.2 Å². The monoisotopic (exact) mass is 398 g/mol. The average Bonchev–Trinajstić information content (AvgIpc) is 3.34. The van der Waals surface area contributed by atoms with Crippen LogP contribution in [0.5, 0.6) is 5.75 Å². The molecule has 1 aromatic carbocycles. The van der Waals surface area contributed by atoms with E-state index in [1.165, 1.54) is 35.9 Å². The molecule has 2 fully saturated rings. The normalized spacial score (nSPS) is 23.8. The highest BCUT2D eigenvalue weighted by atomic mass is 32.2. The number of thioether (sulfide) groups is 1. The van der Waals surface area contributed by atoms with Crippen molar-refractivity contribution in [1.82, 2.24) is 30.0 Å². The molecular weight excluding hydrogens is 379 g/mol. The summed E-state index contributed by atoms with van der Waals surface area (Å²) < 4.78 is 16.0. The molecule has 0 amide bonds. The Morgan fingerprint density at radius 1 is 1.18 bits per heavy atom. The molecule has 7 nitrogen and oxygen atoms in total. The van der Waals surface area contributed by atoms with Gasteiger partial charge in [-0.2, -0.15) is 0 Å². The first kappa shape index (κ1) is 17.6. The van der Waals surface area contributed by atoms with Crippen LogP contribution < -0.4 is 5.32 Å². The van der Waals surface area contributed by atoms with E-state index in [4.69, 9.17) is 0 Å². The van der Waals surface area contributed by atoms with Crippen molar-refractivity contribution >= 4 is 11.8 Å². The Morgan fingerprint density at radius 2 is 2.00 bits per heavy atom. The molecule has 3 atom stereocenters. The van der Waals surface area contributed by atoms with Crippen molar-refractivity contribution in [3.8, 4) is 22.8 Å². The summed E-state index contributed by atoms with van der Waals surface area (Å²) in [6, 6.07) is 3.79. The van der Waals surface area contributed by atoms with Gasteiger partial charge in [0.1, 0.15) is 16.6 Å². The van der Waals surface area contributed by atoms with Crippen molar-refractivity contribution < 1.29 is 9.50 Å². The number of hydrogen-bond acceptors (Lipinski definition) is 7. The van der Waals surface area contributed by atoms with Crippen LogP contribution in [0.15, 0.2) is 42.1 Å². The van der Waals surface area contributed by atoms with Gasteiger partial charge in [0, 0.05) is 35.8 Å². The predicted molar refractivity (Wildman–Crippen MR) is 103 cm³/mol. The smallest absolute Gasteiger partial charge is 0.185 e. The molecule has 0 spiro atoms. The Bertz CT molecular complexity index is 969. The lowest BCUT2D eigenvalue weighted by atomic mass is 10.1. The van der Waals surface area contributed by atoms with Crippen LogP contribution in [0.2, 0.25) is 0 Å². The zero-order valence-corrected chi connectivity index (χ0v) is 15.8. The summed E-state index contributed by atoms with van der Waals surface area (Å²) in [5.41, 5.74) is 0.421. The molecule has 0 aliphatic carbocycles. The molecule has 9 heteroatoms. The number of imidazole rings is 1. The minimum absolute atomic E-state index is 0.109. The van der Waals surface area contributed by atoms with Gasteiger partial charge in [0.15, 0.2) is 5.82 Å². The van der Waals surface area contributed by atoms with Crippen LogP contribution in [-0.2, 0) is 0 Å². The summed E-state index contributed by atoms with van der Waals surface area (Å²) in [6.07, 6.45) is 11.0. The molecule has 3 aromatic rings. The van der Waals surface area contributed by atoms with Gasteiger partial charge in [-0.25, -0.2) is 14.4 Å². The fourth-order valence-corrected chi connectivity index (χ4v) is 5.24. The number of aromatic hydroxyl groups is 1. The van der Waals surface area contributed by atoms with Crippen molar-refractivity contribution in [3.63, 3.8) is 0 Å². The second kappa shape index (κ2) is 7.14. The van der Waals surface area contributed by atoms with Crippen molar-refractivity contribution in [1.29, 1.82) is 0 Å². The van der Waals surface area contributed by atoms with E-state index in [9.17, 15) is 9.50 Å². The minimum atomic E-state index is -0.502. The Balaban J connectivity index is 1.35. The lowest BCUT2D eigenvalue weighted by Crippen LogP contribution is -2.39. The number of benzene rings is 1. The number of phenolic OH excluding ortho intramolecular Hbond substituents is 1. The molecule has 2 aliphatic heterocycles. The Morgan fingerprint density at radius 3 is 2.68 bits per heavy atom. The van der Waals surface area contributed by atoms with E-state index in [1.807, 2.05) is 0 Å². The van der Waals surface area contributed by atoms with Gasteiger partial charge in [0.2, 0.25) is 0 Å². The third-order valence-corrected chi connectivity index (χ3v) is 6.49. The van der Waals surface area contributed by atoms with Gasteiger partial charge >= 0.3 is 0 Å². The summed E-state index contributed by atoms with van der Waals surface area (Å²) in [7, 11) is 0. The fraction of sp³-hybridized carbons (Fsp3) is 0.368. The van der Waals surface area contributed by atoms with Crippen molar-refractivity contribution in [2.24, 2.45) is 0 Å². The van der Waals surface area contributed by atoms with Gasteiger partial charge in [0.25, 0.3) is 0 Å². The predicted octanol–water partition coefficient (Wildman–Crippen LogP) is 2.94. The summed E-state index contributed by atoms with van der Waals surface area (Å²) >= 11 is 1.70. The lowest BCUT2D eigenvalue weighted by molar-refractivity contribution is 0.414. The average molecular weight is 398 g/mol. The van der Waals surface area contributed by atoms with E-state index < -0.39 is 5.82 Å². The molecule has 0 saturated carbocycles. The molecule has 2 saturated heterocycles. The van der Waals surface area contributed by atoms with Gasteiger partial charge in [0.05, 0.1) is 23.8 Å². The number of piperidine rings is 1. The topological polar surface area (TPSA) is 88.8 Å². The third-order valence-electron chi connectivity index (χ3n) is 5.35. The van der Waals surface area contributed by atoms with Crippen molar-refractivity contribution in [3.05, 3.63) is 42.9 Å². The number of nitrogens with zero attached hydrogens (tertiary/aromatic N) is 5. The van der Waals surface area contributed by atoms with Crippen LogP contribution in [-0.4, -0.2) is 47.2 Å². The second-order valence-corrected chi connectivity index (χ2v) is 8.58. The molecule has 2 aromatic heterocycles. The van der Waals surface area contributed by atoms with Crippen LogP contribution in [0.4, 0.5) is 4.39 Å². The molecular formula is C19H19FN6OS. The van der Waals surface area contributed by atoms with Crippen LogP contribution in [0.25, 0.3) is 17.1 Å². The number of nitrogens with one attached hydrogen (secondary N) is 1. The Hall–Kier alpha value is -2.52. The summed E-state index contributed by atoms with van der Waals surface area (Å²) in [6.45, 7) is 0. The SMILES string of the molecule is Oc1cc(-n2ccnc2)c(F)cc1-c1ncc(SC2C[C@H]3CC[C@@H](C2)N3)nn1. The number of rotatable bonds is 4. The molecule has 144 valence electrons. The van der Waals surface area contributed by atoms with E-state index in [0.717, 1.165) is 17.9 Å². The highest BCUT2D eigenvalue weighted by Crippen LogP contribution is 2.36. The molecule has 1 unspecified atom stereocenters. The first-order chi connectivity index (χ1) is 13.7. The highest BCUT2D eigenvalue weighted by Gasteiger charge is 2.34. The number of phenols is 1. The zero-order valence-electron chi connectivity index (χ0n) is 15.0. The molecule has 2 N–H and O–H groups in total. The van der Waals surface area contributed by atoms with Gasteiger partial charge in [-0.3, -0.25) is 0 Å². The number of hydrogen-bond donors (Lipinski definition) is 2. The Labute approximate surface area is 165 Å². The molecule has 5 rings (SSSR count). The second-order valence-electron chi connectivity index (χ2n) is 7.26. The molecule has 0 radical (unpaired) electrons. The maximum atomic E-state index is 14.5. The van der Waals surface area contributed by atoms with E-state index in [2.05, 4.69) is 25.5 Å². The minimum Gasteiger partial charge on any atom is -0.507 e. The first-order valence-electron chi connectivity index (χ1n) is 9.29. The van der Waals surface area contributed by atoms with Crippen LogP contribution in [0, 0.1) is 5.82 Å². The third kappa shape index (κ3) is 3.35. The zero-order chi connectivity index (χ0) is 19.1. The number of halogens is 1. The quantitative estimate of drug-likeness (QED) is 0.698. The van der Waals surface area contributed by atoms with Crippen molar-refractivity contribution in [2.75, 3.05) is 0 Å².